The second-order valence-electron chi connectivity index (χ2n) is 6.50. The minimum absolute atomic E-state index is 0.0416. The van der Waals surface area contributed by atoms with Crippen molar-refractivity contribution in [3.8, 4) is 0 Å². The number of hydrogen-bond donors (Lipinski definition) is 1. The fourth-order valence-electron chi connectivity index (χ4n) is 3.51. The molecule has 0 aliphatic heterocycles. The molecular formula is C17H23NO3S. The molecule has 1 aromatic rings. The van der Waals surface area contributed by atoms with Crippen LogP contribution in [0.25, 0.3) is 0 Å². The molecule has 0 spiro atoms. The van der Waals surface area contributed by atoms with Crippen LogP contribution in [-0.2, 0) is 0 Å². The van der Waals surface area contributed by atoms with E-state index in [9.17, 15) is 9.59 Å². The minimum atomic E-state index is -0.953. The number of hydrogen-bond acceptors (Lipinski definition) is 3. The lowest BCUT2D eigenvalue weighted by Gasteiger charge is -2.37. The molecule has 2 aliphatic carbocycles. The Morgan fingerprint density at radius 3 is 2.09 bits per heavy atom. The van der Waals surface area contributed by atoms with Crippen LogP contribution in [0, 0.1) is 5.92 Å². The second kappa shape index (κ2) is 6.41. The predicted molar refractivity (Wildman–Crippen MR) is 86.5 cm³/mol. The smallest absolute Gasteiger partial charge is 0.345 e. The summed E-state index contributed by atoms with van der Waals surface area (Å²) in [5, 5.41) is 9.03. The van der Waals surface area contributed by atoms with Crippen molar-refractivity contribution in [2.45, 2.75) is 64.0 Å². The summed E-state index contributed by atoms with van der Waals surface area (Å²) in [6.07, 6.45) is 8.03. The number of carboxylic acid groups (broad SMARTS) is 1. The molecule has 5 heteroatoms. The van der Waals surface area contributed by atoms with Gasteiger partial charge in [0.25, 0.3) is 5.91 Å². The summed E-state index contributed by atoms with van der Waals surface area (Å²) >= 11 is 1.10. The number of thiophene rings is 1. The van der Waals surface area contributed by atoms with Gasteiger partial charge in [-0.3, -0.25) is 4.79 Å². The van der Waals surface area contributed by atoms with E-state index < -0.39 is 5.97 Å². The third-order valence-corrected chi connectivity index (χ3v) is 6.05. The Balaban J connectivity index is 1.73. The van der Waals surface area contributed by atoms with Crippen molar-refractivity contribution < 1.29 is 14.7 Å². The van der Waals surface area contributed by atoms with Crippen LogP contribution >= 0.6 is 11.3 Å². The average molecular weight is 321 g/mol. The first-order valence-electron chi connectivity index (χ1n) is 8.26. The van der Waals surface area contributed by atoms with E-state index in [0.29, 0.717) is 17.0 Å². The van der Waals surface area contributed by atoms with E-state index in [1.807, 2.05) is 0 Å². The summed E-state index contributed by atoms with van der Waals surface area (Å²) in [6.45, 7) is 2.24. The number of aromatic carboxylic acids is 1. The molecule has 0 unspecified atom stereocenters. The lowest BCUT2D eigenvalue weighted by molar-refractivity contribution is 0.0591. The molecule has 0 bridgehead atoms. The first-order valence-corrected chi connectivity index (χ1v) is 9.07. The molecule has 1 amide bonds. The van der Waals surface area contributed by atoms with Crippen LogP contribution in [0.4, 0.5) is 0 Å². The highest BCUT2D eigenvalue weighted by Gasteiger charge is 2.39. The number of rotatable bonds is 5. The largest absolute Gasteiger partial charge is 0.477 e. The normalized spacial score (nSPS) is 25.0. The Morgan fingerprint density at radius 1 is 1.09 bits per heavy atom. The van der Waals surface area contributed by atoms with Gasteiger partial charge in [0, 0.05) is 12.1 Å². The summed E-state index contributed by atoms with van der Waals surface area (Å²) in [5.74, 6) is -0.0989. The Morgan fingerprint density at radius 2 is 1.64 bits per heavy atom. The second-order valence-corrected chi connectivity index (χ2v) is 7.58. The average Bonchev–Trinajstić information content (AvgIpc) is 3.22. The Hall–Kier alpha value is -1.36. The molecular weight excluding hydrogens is 298 g/mol. The van der Waals surface area contributed by atoms with Gasteiger partial charge in [-0.05, 0) is 56.6 Å². The molecule has 4 nitrogen and oxygen atoms in total. The van der Waals surface area contributed by atoms with Gasteiger partial charge in [0.05, 0.1) is 4.88 Å². The maximum atomic E-state index is 12.9. The van der Waals surface area contributed by atoms with Gasteiger partial charge in [0.2, 0.25) is 0 Å². The number of carbonyl (C=O) groups excluding carboxylic acids is 1. The number of nitrogens with zero attached hydrogens (tertiary/aromatic N) is 1. The van der Waals surface area contributed by atoms with Crippen molar-refractivity contribution in [1.29, 1.82) is 0 Å². The van der Waals surface area contributed by atoms with Crippen molar-refractivity contribution in [3.63, 3.8) is 0 Å². The molecule has 2 aliphatic rings. The molecule has 2 saturated carbocycles. The zero-order valence-corrected chi connectivity index (χ0v) is 13.8. The van der Waals surface area contributed by atoms with Gasteiger partial charge in [0.15, 0.2) is 0 Å². The van der Waals surface area contributed by atoms with E-state index in [1.165, 1.54) is 19.3 Å². The molecule has 0 radical (unpaired) electrons. The van der Waals surface area contributed by atoms with Gasteiger partial charge in [-0.1, -0.05) is 13.3 Å². The monoisotopic (exact) mass is 321 g/mol. The lowest BCUT2D eigenvalue weighted by atomic mass is 9.84. The van der Waals surface area contributed by atoms with Crippen LogP contribution in [0.3, 0.4) is 0 Å². The summed E-state index contributed by atoms with van der Waals surface area (Å²) in [7, 11) is 0. The first kappa shape index (κ1) is 15.5. The lowest BCUT2D eigenvalue weighted by Crippen LogP contribution is -2.43. The SMILES string of the molecule is CCC1CCC(N(C(=O)c2ccc(C(=O)O)s2)C2CC2)CC1. The third kappa shape index (κ3) is 3.19. The Bertz CT molecular complexity index is 556. The molecule has 1 aromatic heterocycles. The van der Waals surface area contributed by atoms with E-state index in [2.05, 4.69) is 11.8 Å². The predicted octanol–water partition coefficient (Wildman–Crippen LogP) is 4.02. The molecule has 22 heavy (non-hydrogen) atoms. The molecule has 120 valence electrons. The summed E-state index contributed by atoms with van der Waals surface area (Å²) in [4.78, 5) is 26.8. The van der Waals surface area contributed by atoms with Gasteiger partial charge in [-0.25, -0.2) is 4.79 Å². The molecule has 0 aromatic carbocycles. The van der Waals surface area contributed by atoms with Crippen molar-refractivity contribution in [1.82, 2.24) is 4.90 Å². The standard InChI is InChI=1S/C17H23NO3S/c1-2-11-3-5-12(6-4-11)18(13-7-8-13)16(19)14-9-10-15(22-14)17(20)21/h9-13H,2-8H2,1H3,(H,20,21). The molecule has 3 rings (SSSR count). The van der Waals surface area contributed by atoms with Crippen LogP contribution in [0.5, 0.6) is 0 Å². The van der Waals surface area contributed by atoms with Crippen molar-refractivity contribution >= 4 is 23.2 Å². The van der Waals surface area contributed by atoms with Crippen molar-refractivity contribution in [3.05, 3.63) is 21.9 Å². The van der Waals surface area contributed by atoms with Gasteiger partial charge in [0.1, 0.15) is 4.88 Å². The van der Waals surface area contributed by atoms with E-state index >= 15 is 0 Å². The van der Waals surface area contributed by atoms with E-state index in [1.54, 1.807) is 12.1 Å². The number of carboxylic acids is 1. The summed E-state index contributed by atoms with van der Waals surface area (Å²) in [6, 6.07) is 3.94. The molecule has 0 saturated heterocycles. The van der Waals surface area contributed by atoms with Gasteiger partial charge in [-0.2, -0.15) is 0 Å². The Kier molecular flexibility index (Phi) is 4.52. The minimum Gasteiger partial charge on any atom is -0.477 e. The highest BCUT2D eigenvalue weighted by molar-refractivity contribution is 7.15. The van der Waals surface area contributed by atoms with Crippen LogP contribution < -0.4 is 0 Å². The summed E-state index contributed by atoms with van der Waals surface area (Å²) in [5.41, 5.74) is 0. The van der Waals surface area contributed by atoms with Crippen LogP contribution in [0.1, 0.15) is 71.2 Å². The van der Waals surface area contributed by atoms with Gasteiger partial charge in [-0.15, -0.1) is 11.3 Å². The fraction of sp³-hybridized carbons (Fsp3) is 0.647. The van der Waals surface area contributed by atoms with Gasteiger partial charge >= 0.3 is 5.97 Å². The quantitative estimate of drug-likeness (QED) is 0.891. The fourth-order valence-corrected chi connectivity index (χ4v) is 4.30. The van der Waals surface area contributed by atoms with Crippen molar-refractivity contribution in [2.75, 3.05) is 0 Å². The van der Waals surface area contributed by atoms with Crippen molar-refractivity contribution in [2.24, 2.45) is 5.92 Å². The van der Waals surface area contributed by atoms with E-state index in [0.717, 1.165) is 42.9 Å². The van der Waals surface area contributed by atoms with E-state index in [-0.39, 0.29) is 10.8 Å². The maximum Gasteiger partial charge on any atom is 0.345 e. The number of carbonyl (C=O) groups is 2. The summed E-state index contributed by atoms with van der Waals surface area (Å²) < 4.78 is 0. The highest BCUT2D eigenvalue weighted by Crippen LogP contribution is 2.37. The maximum absolute atomic E-state index is 12.9. The Labute approximate surface area is 135 Å². The topological polar surface area (TPSA) is 57.6 Å². The molecule has 0 atom stereocenters. The molecule has 1 heterocycles. The van der Waals surface area contributed by atoms with Crippen LogP contribution in [-0.4, -0.2) is 34.0 Å². The van der Waals surface area contributed by atoms with Crippen LogP contribution in [0.15, 0.2) is 12.1 Å². The van der Waals surface area contributed by atoms with Gasteiger partial charge < -0.3 is 10.0 Å². The zero-order valence-electron chi connectivity index (χ0n) is 13.0. The van der Waals surface area contributed by atoms with E-state index in [4.69, 9.17) is 5.11 Å². The first-order chi connectivity index (χ1) is 10.6. The number of amides is 1. The molecule has 2 fully saturated rings. The van der Waals surface area contributed by atoms with Crippen LogP contribution in [0.2, 0.25) is 0 Å². The molecule has 1 N–H and O–H groups in total. The third-order valence-electron chi connectivity index (χ3n) is 4.99. The zero-order chi connectivity index (χ0) is 15.7. The highest BCUT2D eigenvalue weighted by atomic mass is 32.1.